The number of carbonyl (C=O) groups is 2. The van der Waals surface area contributed by atoms with E-state index in [1.165, 1.54) is 0 Å². The van der Waals surface area contributed by atoms with Crippen molar-refractivity contribution >= 4 is 23.0 Å². The molecule has 3 fully saturated rings. The van der Waals surface area contributed by atoms with Crippen LogP contribution in [0.3, 0.4) is 0 Å². The first-order chi connectivity index (χ1) is 15.5. The molecule has 0 bridgehead atoms. The molecule has 0 aromatic carbocycles. The van der Waals surface area contributed by atoms with Crippen LogP contribution in [0.5, 0.6) is 0 Å². The SMILES string of the molecule is CC1(NC(=O)O[C@@H]2CC[C@H](C3CC(NC(=O)Cc4ccc5ncccc5n4)NN3)C2)CC1. The fourth-order valence-corrected chi connectivity index (χ4v) is 4.68. The molecule has 5 rings (SSSR count). The van der Waals surface area contributed by atoms with Gasteiger partial charge in [-0.3, -0.25) is 20.2 Å². The lowest BCUT2D eigenvalue weighted by atomic mass is 9.96. The standard InChI is InChI=1S/C23H30N6O3/c1-23(8-9-23)27-22(31)32-16-6-4-14(11-16)19-13-20(29-28-19)26-21(30)12-15-5-7-17-18(25-15)3-2-10-24-17/h2-3,5,7,10,14,16,19-20,28-29H,4,6,8-9,11-13H2,1H3,(H,26,30)(H,27,31)/t14-,16+,19?,20?/m0/s1. The summed E-state index contributed by atoms with van der Waals surface area (Å²) in [5.74, 6) is 0.340. The topological polar surface area (TPSA) is 117 Å². The molecule has 2 aromatic heterocycles. The van der Waals surface area contributed by atoms with Gasteiger partial charge in [-0.1, -0.05) is 0 Å². The molecule has 2 aliphatic carbocycles. The minimum atomic E-state index is -0.295. The third-order valence-electron chi connectivity index (χ3n) is 6.80. The number of hydrogen-bond acceptors (Lipinski definition) is 7. The number of ether oxygens (including phenoxy) is 1. The zero-order valence-electron chi connectivity index (χ0n) is 18.3. The van der Waals surface area contributed by atoms with E-state index in [0.29, 0.717) is 5.92 Å². The van der Waals surface area contributed by atoms with E-state index in [4.69, 9.17) is 4.74 Å². The molecule has 9 heteroatoms. The van der Waals surface area contributed by atoms with Crippen LogP contribution in [-0.4, -0.2) is 45.8 Å². The van der Waals surface area contributed by atoms with E-state index >= 15 is 0 Å². The highest BCUT2D eigenvalue weighted by atomic mass is 16.6. The van der Waals surface area contributed by atoms with E-state index in [1.807, 2.05) is 31.2 Å². The summed E-state index contributed by atoms with van der Waals surface area (Å²) in [6.07, 6.45) is 7.06. The first-order valence-electron chi connectivity index (χ1n) is 11.5. The second kappa shape index (κ2) is 8.63. The lowest BCUT2D eigenvalue weighted by Gasteiger charge is -2.19. The van der Waals surface area contributed by atoms with Crippen LogP contribution in [0.15, 0.2) is 30.5 Å². The average molecular weight is 439 g/mol. The van der Waals surface area contributed by atoms with Crippen LogP contribution in [0.4, 0.5) is 4.79 Å². The molecule has 2 unspecified atom stereocenters. The first-order valence-corrected chi connectivity index (χ1v) is 11.5. The third kappa shape index (κ3) is 4.99. The second-order valence-electron chi connectivity index (χ2n) is 9.56. The quantitative estimate of drug-likeness (QED) is 0.544. The molecule has 1 aliphatic heterocycles. The summed E-state index contributed by atoms with van der Waals surface area (Å²) in [7, 11) is 0. The Morgan fingerprint density at radius 2 is 2.03 bits per heavy atom. The number of nitrogens with zero attached hydrogens (tertiary/aromatic N) is 2. The van der Waals surface area contributed by atoms with Gasteiger partial charge >= 0.3 is 6.09 Å². The van der Waals surface area contributed by atoms with Crippen molar-refractivity contribution in [3.63, 3.8) is 0 Å². The first kappa shape index (κ1) is 21.1. The Morgan fingerprint density at radius 1 is 1.16 bits per heavy atom. The van der Waals surface area contributed by atoms with Gasteiger partial charge in [-0.2, -0.15) is 0 Å². The summed E-state index contributed by atoms with van der Waals surface area (Å²) in [6.45, 7) is 2.04. The van der Waals surface area contributed by atoms with Crippen LogP contribution in [0.25, 0.3) is 11.0 Å². The summed E-state index contributed by atoms with van der Waals surface area (Å²) in [4.78, 5) is 33.4. The Bertz CT molecular complexity index is 1010. The number of rotatable bonds is 6. The Hall–Kier alpha value is -2.78. The highest BCUT2D eigenvalue weighted by Crippen LogP contribution is 2.36. The molecule has 0 radical (unpaired) electrons. The van der Waals surface area contributed by atoms with Gasteiger partial charge in [0.05, 0.1) is 29.3 Å². The third-order valence-corrected chi connectivity index (χ3v) is 6.80. The normalized spacial score (nSPS) is 28.4. The van der Waals surface area contributed by atoms with Crippen molar-refractivity contribution in [2.24, 2.45) is 5.92 Å². The molecule has 9 nitrogen and oxygen atoms in total. The molecule has 0 spiro atoms. The lowest BCUT2D eigenvalue weighted by molar-refractivity contribution is -0.121. The molecule has 3 heterocycles. The number of alkyl carbamates (subject to hydrolysis) is 1. The minimum absolute atomic E-state index is 0.0359. The summed E-state index contributed by atoms with van der Waals surface area (Å²) in [5.41, 5.74) is 8.78. The predicted octanol–water partition coefficient (Wildman–Crippen LogP) is 1.93. The summed E-state index contributed by atoms with van der Waals surface area (Å²) < 4.78 is 5.63. The van der Waals surface area contributed by atoms with Gasteiger partial charge in [0.2, 0.25) is 5.91 Å². The van der Waals surface area contributed by atoms with E-state index in [2.05, 4.69) is 31.5 Å². The van der Waals surface area contributed by atoms with Crippen LogP contribution >= 0.6 is 0 Å². The number of nitrogens with one attached hydrogen (secondary N) is 4. The van der Waals surface area contributed by atoms with Crippen molar-refractivity contribution in [2.75, 3.05) is 0 Å². The molecule has 170 valence electrons. The molecule has 32 heavy (non-hydrogen) atoms. The Balaban J connectivity index is 1.07. The number of pyridine rings is 2. The van der Waals surface area contributed by atoms with Gasteiger partial charge in [-0.05, 0) is 75.6 Å². The van der Waals surface area contributed by atoms with Crippen molar-refractivity contribution in [3.05, 3.63) is 36.2 Å². The van der Waals surface area contributed by atoms with Crippen molar-refractivity contribution in [3.8, 4) is 0 Å². The van der Waals surface area contributed by atoms with E-state index in [1.54, 1.807) is 6.20 Å². The Morgan fingerprint density at radius 3 is 2.88 bits per heavy atom. The summed E-state index contributed by atoms with van der Waals surface area (Å²) in [5, 5.41) is 6.00. The fraction of sp³-hybridized carbons (Fsp3) is 0.565. The van der Waals surface area contributed by atoms with Gasteiger partial charge in [-0.25, -0.2) is 10.2 Å². The lowest BCUT2D eigenvalue weighted by Crippen LogP contribution is -2.45. The van der Waals surface area contributed by atoms with Crippen LogP contribution in [0.1, 0.15) is 51.1 Å². The maximum atomic E-state index is 12.5. The Kier molecular flexibility index (Phi) is 5.69. The molecule has 3 aliphatic rings. The number of amides is 2. The van der Waals surface area contributed by atoms with Crippen molar-refractivity contribution < 1.29 is 14.3 Å². The van der Waals surface area contributed by atoms with Crippen LogP contribution in [0, 0.1) is 5.92 Å². The molecular formula is C23H30N6O3. The van der Waals surface area contributed by atoms with E-state index in [-0.39, 0.29) is 42.3 Å². The zero-order chi connectivity index (χ0) is 22.1. The van der Waals surface area contributed by atoms with Crippen molar-refractivity contribution in [2.45, 2.75) is 75.7 Å². The number of hydrazine groups is 1. The molecule has 2 amide bonds. The van der Waals surface area contributed by atoms with Crippen LogP contribution in [-0.2, 0) is 16.0 Å². The summed E-state index contributed by atoms with van der Waals surface area (Å²) >= 11 is 0. The molecule has 1 saturated heterocycles. The number of hydrogen-bond donors (Lipinski definition) is 4. The molecule has 4 atom stereocenters. The molecule has 4 N–H and O–H groups in total. The van der Waals surface area contributed by atoms with Crippen molar-refractivity contribution in [1.29, 1.82) is 0 Å². The smallest absolute Gasteiger partial charge is 0.407 e. The minimum Gasteiger partial charge on any atom is -0.446 e. The number of aromatic nitrogens is 2. The number of carbonyl (C=O) groups excluding carboxylic acids is 2. The van der Waals surface area contributed by atoms with Gasteiger partial charge in [0.25, 0.3) is 0 Å². The van der Waals surface area contributed by atoms with Crippen LogP contribution < -0.4 is 21.5 Å². The van der Waals surface area contributed by atoms with Crippen LogP contribution in [0.2, 0.25) is 0 Å². The maximum absolute atomic E-state index is 12.5. The highest BCUT2D eigenvalue weighted by Gasteiger charge is 2.41. The molecular weight excluding hydrogens is 408 g/mol. The average Bonchev–Trinajstić information content (AvgIpc) is 3.14. The maximum Gasteiger partial charge on any atom is 0.407 e. The predicted molar refractivity (Wildman–Crippen MR) is 118 cm³/mol. The summed E-state index contributed by atoms with van der Waals surface area (Å²) in [6, 6.07) is 7.70. The highest BCUT2D eigenvalue weighted by molar-refractivity contribution is 5.80. The number of fused-ring (bicyclic) bond motifs is 1. The van der Waals surface area contributed by atoms with Gasteiger partial charge in [0.1, 0.15) is 6.10 Å². The van der Waals surface area contributed by atoms with Crippen molar-refractivity contribution in [1.82, 2.24) is 31.5 Å². The molecule has 2 aromatic rings. The monoisotopic (exact) mass is 438 g/mol. The zero-order valence-corrected chi connectivity index (χ0v) is 18.3. The largest absolute Gasteiger partial charge is 0.446 e. The Labute approximate surface area is 187 Å². The van der Waals surface area contributed by atoms with Gasteiger partial charge in [0, 0.05) is 17.8 Å². The van der Waals surface area contributed by atoms with Gasteiger partial charge < -0.3 is 15.4 Å². The fourth-order valence-electron chi connectivity index (χ4n) is 4.68. The van der Waals surface area contributed by atoms with Gasteiger partial charge in [0.15, 0.2) is 0 Å². The van der Waals surface area contributed by atoms with E-state index in [0.717, 1.165) is 55.3 Å². The van der Waals surface area contributed by atoms with E-state index < -0.39 is 0 Å². The molecule has 2 saturated carbocycles. The van der Waals surface area contributed by atoms with E-state index in [9.17, 15) is 9.59 Å². The van der Waals surface area contributed by atoms with Gasteiger partial charge in [-0.15, -0.1) is 0 Å². The second-order valence-corrected chi connectivity index (χ2v) is 9.56.